The lowest BCUT2D eigenvalue weighted by atomic mass is 10.1. The fourth-order valence-corrected chi connectivity index (χ4v) is 3.30. The topological polar surface area (TPSA) is 65.7 Å². The van der Waals surface area contributed by atoms with Gasteiger partial charge >= 0.3 is 11.6 Å². The van der Waals surface area contributed by atoms with Crippen molar-refractivity contribution in [3.8, 4) is 5.75 Å². The lowest BCUT2D eigenvalue weighted by Crippen LogP contribution is -2.14. The Bertz CT molecular complexity index is 799. The van der Waals surface area contributed by atoms with Gasteiger partial charge in [-0.25, -0.2) is 4.79 Å². The van der Waals surface area contributed by atoms with Crippen LogP contribution in [-0.2, 0) is 9.53 Å². The lowest BCUT2D eigenvalue weighted by Gasteiger charge is -2.09. The average molecular weight is 393 g/mol. The molecule has 148 valence electrons. The predicted molar refractivity (Wildman–Crippen MR) is 110 cm³/mol. The second-order valence-electron chi connectivity index (χ2n) is 6.57. The molecule has 5 nitrogen and oxygen atoms in total. The van der Waals surface area contributed by atoms with E-state index in [2.05, 4.69) is 0 Å². The van der Waals surface area contributed by atoms with E-state index < -0.39 is 5.63 Å². The van der Waals surface area contributed by atoms with E-state index in [9.17, 15) is 9.59 Å². The Morgan fingerprint density at radius 3 is 2.67 bits per heavy atom. The predicted octanol–water partition coefficient (Wildman–Crippen LogP) is 4.58. The van der Waals surface area contributed by atoms with E-state index in [-0.39, 0.29) is 11.9 Å². The standard InChI is InChI=1S/C21H28O5S/c1-4-16(3)21(23)25-10-6-12-27-11-5-9-24-18-14-20(22)26-19-13-15(2)7-8-17(18)19/h7-8,13-14,16H,4-6,9-12H2,1-3H3. The number of rotatable bonds is 11. The largest absolute Gasteiger partial charge is 0.493 e. The van der Waals surface area contributed by atoms with E-state index in [0.717, 1.165) is 41.7 Å². The first-order valence-corrected chi connectivity index (χ1v) is 10.6. The summed E-state index contributed by atoms with van der Waals surface area (Å²) in [4.78, 5) is 23.2. The van der Waals surface area contributed by atoms with Gasteiger partial charge in [-0.3, -0.25) is 4.79 Å². The first-order chi connectivity index (χ1) is 13.0. The first kappa shape index (κ1) is 21.4. The van der Waals surface area contributed by atoms with E-state index in [4.69, 9.17) is 13.9 Å². The molecule has 27 heavy (non-hydrogen) atoms. The van der Waals surface area contributed by atoms with Gasteiger partial charge in [0.2, 0.25) is 0 Å². The summed E-state index contributed by atoms with van der Waals surface area (Å²) < 4.78 is 16.2. The first-order valence-electron chi connectivity index (χ1n) is 9.43. The maximum atomic E-state index is 11.7. The molecule has 2 rings (SSSR count). The van der Waals surface area contributed by atoms with Gasteiger partial charge in [-0.15, -0.1) is 0 Å². The van der Waals surface area contributed by atoms with Crippen molar-refractivity contribution in [1.29, 1.82) is 0 Å². The molecule has 6 heteroatoms. The molecule has 1 aromatic carbocycles. The molecule has 0 saturated heterocycles. The second kappa shape index (κ2) is 11.0. The van der Waals surface area contributed by atoms with E-state index in [1.807, 2.05) is 50.7 Å². The van der Waals surface area contributed by atoms with E-state index in [1.165, 1.54) is 6.07 Å². The van der Waals surface area contributed by atoms with Crippen molar-refractivity contribution in [2.24, 2.45) is 5.92 Å². The Balaban J connectivity index is 1.64. The van der Waals surface area contributed by atoms with Crippen LogP contribution in [-0.4, -0.2) is 30.7 Å². The molecule has 0 fully saturated rings. The zero-order valence-corrected chi connectivity index (χ0v) is 17.1. The van der Waals surface area contributed by atoms with Gasteiger partial charge in [0, 0.05) is 0 Å². The highest BCUT2D eigenvalue weighted by atomic mass is 32.2. The summed E-state index contributed by atoms with van der Waals surface area (Å²) in [7, 11) is 0. The highest BCUT2D eigenvalue weighted by Gasteiger charge is 2.11. The molecule has 0 radical (unpaired) electrons. The number of carbonyl (C=O) groups excluding carboxylic acids is 1. The molecule has 0 bridgehead atoms. The smallest absolute Gasteiger partial charge is 0.339 e. The summed E-state index contributed by atoms with van der Waals surface area (Å²) in [6.07, 6.45) is 2.55. The molecule has 0 amide bonds. The van der Waals surface area contributed by atoms with Crippen molar-refractivity contribution in [2.45, 2.75) is 40.0 Å². The Labute approximate surface area is 164 Å². The van der Waals surface area contributed by atoms with E-state index in [0.29, 0.717) is 24.5 Å². The van der Waals surface area contributed by atoms with E-state index >= 15 is 0 Å². The number of thioether (sulfide) groups is 1. The van der Waals surface area contributed by atoms with Gasteiger partial charge in [0.15, 0.2) is 0 Å². The van der Waals surface area contributed by atoms with Gasteiger partial charge in [0.1, 0.15) is 11.3 Å². The summed E-state index contributed by atoms with van der Waals surface area (Å²) in [5.74, 6) is 2.35. The van der Waals surface area contributed by atoms with Gasteiger partial charge in [0.05, 0.1) is 30.6 Å². The van der Waals surface area contributed by atoms with Gasteiger partial charge in [-0.2, -0.15) is 11.8 Å². The number of esters is 1. The normalized spacial score (nSPS) is 12.1. The SMILES string of the molecule is CCC(C)C(=O)OCCCSCCCOc1cc(=O)oc2cc(C)ccc12. The van der Waals surface area contributed by atoms with Crippen molar-refractivity contribution in [3.05, 3.63) is 40.2 Å². The molecular weight excluding hydrogens is 364 g/mol. The summed E-state index contributed by atoms with van der Waals surface area (Å²) in [5, 5.41) is 0.816. The van der Waals surface area contributed by atoms with Gasteiger partial charge in [-0.05, 0) is 55.4 Å². The number of ether oxygens (including phenoxy) is 2. The molecular formula is C21H28O5S. The van der Waals surface area contributed by atoms with Crippen LogP contribution in [0.2, 0.25) is 0 Å². The maximum absolute atomic E-state index is 11.7. The molecule has 0 aliphatic carbocycles. The van der Waals surface area contributed by atoms with Crippen LogP contribution in [0.1, 0.15) is 38.7 Å². The molecule has 1 atom stereocenters. The number of aryl methyl sites for hydroxylation is 1. The monoisotopic (exact) mass is 392 g/mol. The molecule has 1 unspecified atom stereocenters. The molecule has 0 aliphatic rings. The van der Waals surface area contributed by atoms with Crippen LogP contribution in [0.15, 0.2) is 33.5 Å². The number of hydrogen-bond acceptors (Lipinski definition) is 6. The third kappa shape index (κ3) is 6.94. The second-order valence-corrected chi connectivity index (χ2v) is 7.80. The maximum Gasteiger partial charge on any atom is 0.339 e. The highest BCUT2D eigenvalue weighted by molar-refractivity contribution is 7.99. The minimum absolute atomic E-state index is 0.0183. The van der Waals surface area contributed by atoms with Crippen LogP contribution < -0.4 is 10.4 Å². The summed E-state index contributed by atoms with van der Waals surface area (Å²) in [6, 6.07) is 7.13. The summed E-state index contributed by atoms with van der Waals surface area (Å²) >= 11 is 1.81. The zero-order valence-electron chi connectivity index (χ0n) is 16.3. The van der Waals surface area contributed by atoms with Crippen molar-refractivity contribution in [3.63, 3.8) is 0 Å². The molecule has 0 spiro atoms. The van der Waals surface area contributed by atoms with Crippen LogP contribution in [0.3, 0.4) is 0 Å². The average Bonchev–Trinajstić information content (AvgIpc) is 2.65. The number of carbonyl (C=O) groups is 1. The van der Waals surface area contributed by atoms with E-state index in [1.54, 1.807) is 0 Å². The summed E-state index contributed by atoms with van der Waals surface area (Å²) in [6.45, 7) is 6.85. The fourth-order valence-electron chi connectivity index (χ4n) is 2.45. The molecule has 2 aromatic rings. The quantitative estimate of drug-likeness (QED) is 0.317. The molecule has 0 N–H and O–H groups in total. The highest BCUT2D eigenvalue weighted by Crippen LogP contribution is 2.24. The van der Waals surface area contributed by atoms with Crippen LogP contribution in [0, 0.1) is 12.8 Å². The van der Waals surface area contributed by atoms with Crippen LogP contribution in [0.25, 0.3) is 11.0 Å². The third-order valence-corrected chi connectivity index (χ3v) is 5.40. The van der Waals surface area contributed by atoms with Crippen molar-refractivity contribution in [2.75, 3.05) is 24.7 Å². The van der Waals surface area contributed by atoms with Gasteiger partial charge < -0.3 is 13.9 Å². The van der Waals surface area contributed by atoms with Crippen molar-refractivity contribution >= 4 is 28.7 Å². The van der Waals surface area contributed by atoms with Crippen molar-refractivity contribution in [1.82, 2.24) is 0 Å². The van der Waals surface area contributed by atoms with Gasteiger partial charge in [-0.1, -0.05) is 19.9 Å². The number of fused-ring (bicyclic) bond motifs is 1. The van der Waals surface area contributed by atoms with Gasteiger partial charge in [0.25, 0.3) is 0 Å². The number of hydrogen-bond donors (Lipinski definition) is 0. The van der Waals surface area contributed by atoms with Crippen LogP contribution >= 0.6 is 11.8 Å². The van der Waals surface area contributed by atoms with Crippen molar-refractivity contribution < 1.29 is 18.7 Å². The minimum Gasteiger partial charge on any atom is -0.493 e. The Morgan fingerprint density at radius 1 is 1.19 bits per heavy atom. The Morgan fingerprint density at radius 2 is 1.93 bits per heavy atom. The molecule has 0 saturated carbocycles. The zero-order chi connectivity index (χ0) is 19.6. The molecule has 1 heterocycles. The number of benzene rings is 1. The Hall–Kier alpha value is -1.95. The van der Waals surface area contributed by atoms with Crippen LogP contribution in [0.4, 0.5) is 0 Å². The lowest BCUT2D eigenvalue weighted by molar-refractivity contribution is -0.147. The molecule has 1 aromatic heterocycles. The Kier molecular flexibility index (Phi) is 8.72. The van der Waals surface area contributed by atoms with Crippen LogP contribution in [0.5, 0.6) is 5.75 Å². The summed E-state index contributed by atoms with van der Waals surface area (Å²) in [5.41, 5.74) is 1.19. The minimum atomic E-state index is -0.399. The fraction of sp³-hybridized carbons (Fsp3) is 0.524. The molecule has 0 aliphatic heterocycles. The third-order valence-electron chi connectivity index (χ3n) is 4.24.